The minimum Gasteiger partial charge on any atom is -0.497 e. The SMILES string of the molecule is CCOC(=O)C1=C(C)N=c2s/c(=C/c3ccc(-c4cc(C(=O)O)ccc4Cl)o3)c(=O)n2[C@H]1c1cccc(OC)c1. The van der Waals surface area contributed by atoms with Crippen LogP contribution in [0, 0.1) is 0 Å². The number of rotatable bonds is 7. The van der Waals surface area contributed by atoms with Crippen LogP contribution in [-0.4, -0.2) is 35.3 Å². The second-order valence-electron chi connectivity index (χ2n) is 8.78. The second-order valence-corrected chi connectivity index (χ2v) is 10.2. The van der Waals surface area contributed by atoms with Gasteiger partial charge >= 0.3 is 11.9 Å². The summed E-state index contributed by atoms with van der Waals surface area (Å²) in [4.78, 5) is 43.2. The molecule has 11 heteroatoms. The molecule has 1 aliphatic heterocycles. The van der Waals surface area contributed by atoms with E-state index in [-0.39, 0.29) is 23.3 Å². The summed E-state index contributed by atoms with van der Waals surface area (Å²) < 4.78 is 18.4. The Bertz CT molecular complexity index is 1870. The van der Waals surface area contributed by atoms with Crippen molar-refractivity contribution in [3.05, 3.63) is 107 Å². The van der Waals surface area contributed by atoms with Gasteiger partial charge in [0.2, 0.25) is 0 Å². The van der Waals surface area contributed by atoms with E-state index in [2.05, 4.69) is 4.99 Å². The van der Waals surface area contributed by atoms with E-state index in [1.807, 2.05) is 6.07 Å². The predicted octanol–water partition coefficient (Wildman–Crippen LogP) is 4.42. The van der Waals surface area contributed by atoms with E-state index in [1.54, 1.807) is 57.4 Å². The van der Waals surface area contributed by atoms with Gasteiger partial charge in [0.1, 0.15) is 17.3 Å². The fourth-order valence-electron chi connectivity index (χ4n) is 4.47. The number of aromatic carboxylic acids is 1. The standard InChI is InChI=1S/C29H23ClN2O7S/c1-4-38-28(36)24-15(2)31-29-32(25(24)16-6-5-7-18(12-16)37-3)26(33)23(40-29)14-19-9-11-22(39-19)20-13-17(27(34)35)8-10-21(20)30/h5-14,25H,4H2,1-3H3,(H,34,35)/b23-14+/t25-/m0/s1. The summed E-state index contributed by atoms with van der Waals surface area (Å²) in [6, 6.07) is 14.0. The first kappa shape index (κ1) is 27.2. The topological polar surface area (TPSA) is 120 Å². The molecule has 2 aromatic carbocycles. The Kier molecular flexibility index (Phi) is 7.46. The molecule has 0 amide bonds. The van der Waals surface area contributed by atoms with Crippen LogP contribution in [0.15, 0.2) is 80.1 Å². The van der Waals surface area contributed by atoms with Crippen molar-refractivity contribution in [2.75, 3.05) is 13.7 Å². The molecule has 0 fully saturated rings. The van der Waals surface area contributed by atoms with Gasteiger partial charge in [-0.15, -0.1) is 0 Å². The van der Waals surface area contributed by atoms with Gasteiger partial charge in [0.15, 0.2) is 4.80 Å². The van der Waals surface area contributed by atoms with Crippen molar-refractivity contribution >= 4 is 41.0 Å². The van der Waals surface area contributed by atoms with E-state index in [0.29, 0.717) is 48.5 Å². The van der Waals surface area contributed by atoms with Crippen LogP contribution >= 0.6 is 22.9 Å². The van der Waals surface area contributed by atoms with Gasteiger partial charge in [-0.1, -0.05) is 35.1 Å². The number of hydrogen-bond donors (Lipinski definition) is 1. The first-order valence-electron chi connectivity index (χ1n) is 12.2. The lowest BCUT2D eigenvalue weighted by Crippen LogP contribution is -2.39. The Labute approximate surface area is 236 Å². The zero-order chi connectivity index (χ0) is 28.6. The van der Waals surface area contributed by atoms with Gasteiger partial charge in [-0.3, -0.25) is 9.36 Å². The van der Waals surface area contributed by atoms with Crippen molar-refractivity contribution in [3.8, 4) is 17.1 Å². The fourth-order valence-corrected chi connectivity index (χ4v) is 5.71. The lowest BCUT2D eigenvalue weighted by Gasteiger charge is -2.24. The van der Waals surface area contributed by atoms with Crippen molar-refractivity contribution in [2.24, 2.45) is 4.99 Å². The van der Waals surface area contributed by atoms with Crippen LogP contribution < -0.4 is 19.6 Å². The molecular weight excluding hydrogens is 556 g/mol. The number of thiazole rings is 1. The van der Waals surface area contributed by atoms with Crippen molar-refractivity contribution in [3.63, 3.8) is 0 Å². The van der Waals surface area contributed by atoms with Gasteiger partial charge in [-0.05, 0) is 61.9 Å². The average molecular weight is 579 g/mol. The number of furan rings is 1. The van der Waals surface area contributed by atoms with Crippen LogP contribution in [0.3, 0.4) is 0 Å². The molecule has 1 N–H and O–H groups in total. The molecule has 0 spiro atoms. The largest absolute Gasteiger partial charge is 0.497 e. The summed E-state index contributed by atoms with van der Waals surface area (Å²) in [6.07, 6.45) is 1.58. The van der Waals surface area contributed by atoms with Crippen LogP contribution in [0.4, 0.5) is 0 Å². The number of carbonyl (C=O) groups is 2. The third-order valence-corrected chi connectivity index (χ3v) is 7.62. The number of carbonyl (C=O) groups excluding carboxylic acids is 1. The Balaban J connectivity index is 1.64. The molecule has 9 nitrogen and oxygen atoms in total. The summed E-state index contributed by atoms with van der Waals surface area (Å²) >= 11 is 7.45. The number of carboxylic acid groups (broad SMARTS) is 1. The molecule has 4 aromatic rings. The van der Waals surface area contributed by atoms with E-state index in [1.165, 1.54) is 22.8 Å². The summed E-state index contributed by atoms with van der Waals surface area (Å²) in [5, 5.41) is 9.65. The van der Waals surface area contributed by atoms with E-state index in [4.69, 9.17) is 25.5 Å². The van der Waals surface area contributed by atoms with E-state index in [0.717, 1.165) is 11.3 Å². The number of esters is 1. The van der Waals surface area contributed by atoms with Crippen LogP contribution in [-0.2, 0) is 9.53 Å². The fraction of sp³-hybridized carbons (Fsp3) is 0.172. The molecule has 1 aliphatic rings. The summed E-state index contributed by atoms with van der Waals surface area (Å²) in [6.45, 7) is 3.60. The number of methoxy groups -OCH3 is 1. The highest BCUT2D eigenvalue weighted by atomic mass is 35.5. The third-order valence-electron chi connectivity index (χ3n) is 6.31. The highest BCUT2D eigenvalue weighted by molar-refractivity contribution is 7.07. The van der Waals surface area contributed by atoms with Gasteiger partial charge in [0.25, 0.3) is 5.56 Å². The van der Waals surface area contributed by atoms with Crippen LogP contribution in [0.5, 0.6) is 5.75 Å². The van der Waals surface area contributed by atoms with Gasteiger partial charge in [0, 0.05) is 11.6 Å². The molecular formula is C29H23ClN2O7S. The number of nitrogens with zero attached hydrogens (tertiary/aromatic N) is 2. The Morgan fingerprint density at radius 1 is 1.20 bits per heavy atom. The molecule has 0 saturated heterocycles. The number of benzene rings is 2. The van der Waals surface area contributed by atoms with Crippen LogP contribution in [0.2, 0.25) is 5.02 Å². The highest BCUT2D eigenvalue weighted by Crippen LogP contribution is 2.33. The van der Waals surface area contributed by atoms with Crippen LogP contribution in [0.1, 0.15) is 41.6 Å². The Hall–Kier alpha value is -4.41. The maximum atomic E-state index is 13.8. The molecule has 40 heavy (non-hydrogen) atoms. The maximum absolute atomic E-state index is 13.8. The number of fused-ring (bicyclic) bond motifs is 1. The zero-order valence-corrected chi connectivity index (χ0v) is 23.2. The second kappa shape index (κ2) is 11.0. The zero-order valence-electron chi connectivity index (χ0n) is 21.6. The smallest absolute Gasteiger partial charge is 0.338 e. The molecule has 2 aromatic heterocycles. The van der Waals surface area contributed by atoms with Crippen molar-refractivity contribution in [2.45, 2.75) is 19.9 Å². The highest BCUT2D eigenvalue weighted by Gasteiger charge is 2.33. The molecule has 0 aliphatic carbocycles. The number of ether oxygens (including phenoxy) is 2. The number of aromatic nitrogens is 1. The van der Waals surface area contributed by atoms with Gasteiger partial charge in [-0.25, -0.2) is 14.6 Å². The monoisotopic (exact) mass is 578 g/mol. The number of hydrogen-bond acceptors (Lipinski definition) is 8. The number of allylic oxidation sites excluding steroid dienone is 1. The summed E-state index contributed by atoms with van der Waals surface area (Å²) in [5.74, 6) is -0.361. The number of carboxylic acids is 1. The Morgan fingerprint density at radius 2 is 2.00 bits per heavy atom. The normalized spacial score (nSPS) is 15.0. The molecule has 204 valence electrons. The van der Waals surface area contributed by atoms with Gasteiger partial charge in [-0.2, -0.15) is 0 Å². The lowest BCUT2D eigenvalue weighted by atomic mass is 9.95. The molecule has 5 rings (SSSR count). The molecule has 0 radical (unpaired) electrons. The first-order chi connectivity index (χ1) is 19.2. The molecule has 1 atom stereocenters. The quantitative estimate of drug-likeness (QED) is 0.322. The number of halogens is 1. The Morgan fingerprint density at radius 3 is 2.73 bits per heavy atom. The average Bonchev–Trinajstić information content (AvgIpc) is 3.52. The maximum Gasteiger partial charge on any atom is 0.338 e. The first-order valence-corrected chi connectivity index (χ1v) is 13.4. The van der Waals surface area contributed by atoms with Crippen LogP contribution in [0.25, 0.3) is 17.4 Å². The minimum absolute atomic E-state index is 0.0657. The summed E-state index contributed by atoms with van der Waals surface area (Å²) in [7, 11) is 1.54. The van der Waals surface area contributed by atoms with Crippen molar-refractivity contribution in [1.29, 1.82) is 0 Å². The molecule has 0 bridgehead atoms. The van der Waals surface area contributed by atoms with Gasteiger partial charge in [0.05, 0.1) is 46.1 Å². The van der Waals surface area contributed by atoms with E-state index in [9.17, 15) is 19.5 Å². The minimum atomic E-state index is -1.09. The van der Waals surface area contributed by atoms with Crippen molar-refractivity contribution < 1.29 is 28.6 Å². The van der Waals surface area contributed by atoms with Gasteiger partial charge < -0.3 is 19.0 Å². The summed E-state index contributed by atoms with van der Waals surface area (Å²) in [5.41, 5.74) is 1.49. The molecule has 3 heterocycles. The predicted molar refractivity (Wildman–Crippen MR) is 150 cm³/mol. The van der Waals surface area contributed by atoms with E-state index < -0.39 is 18.0 Å². The third kappa shape index (κ3) is 4.99. The molecule has 0 saturated carbocycles. The van der Waals surface area contributed by atoms with E-state index >= 15 is 0 Å². The molecule has 0 unspecified atom stereocenters. The van der Waals surface area contributed by atoms with Crippen molar-refractivity contribution in [1.82, 2.24) is 4.57 Å². The lowest BCUT2D eigenvalue weighted by molar-refractivity contribution is -0.139.